The van der Waals surface area contributed by atoms with E-state index < -0.39 is 12.2 Å². The molecule has 0 aliphatic carbocycles. The minimum Gasteiger partial charge on any atom is -0.284 e. The Morgan fingerprint density at radius 1 is 0.900 bits per heavy atom. The number of hydrogen-bond donors (Lipinski definition) is 2. The summed E-state index contributed by atoms with van der Waals surface area (Å²) in [5, 5.41) is 13.9. The van der Waals surface area contributed by atoms with Crippen molar-refractivity contribution in [3.63, 3.8) is 0 Å². The summed E-state index contributed by atoms with van der Waals surface area (Å²) in [4.78, 5) is 12.1. The number of nitrogens with one attached hydrogen (secondary N) is 1. The second-order valence-electron chi connectivity index (χ2n) is 4.51. The Morgan fingerprint density at radius 2 is 1.40 bits per heavy atom. The number of rotatable bonds is 2. The maximum absolute atomic E-state index is 12.1. The van der Waals surface area contributed by atoms with Crippen molar-refractivity contribution in [1.82, 2.24) is 10.4 Å². The molecule has 0 saturated carbocycles. The van der Waals surface area contributed by atoms with E-state index in [1.54, 1.807) is 0 Å². The standard InChI is InChI=1S/C15H14N2O2.Ac/c18-15-13(11-7-3-1-4-8-11)16-14(17(15)19)12-9-5-2-6-10-12;/h1-10,13-14,16,19H;. The van der Waals surface area contributed by atoms with Gasteiger partial charge in [0.05, 0.1) is 0 Å². The fourth-order valence-electron chi connectivity index (χ4n) is 2.32. The van der Waals surface area contributed by atoms with Gasteiger partial charge in [-0.15, -0.1) is 0 Å². The molecule has 2 atom stereocenters. The number of carbonyl (C=O) groups excluding carboxylic acids is 1. The van der Waals surface area contributed by atoms with Crippen LogP contribution in [0.1, 0.15) is 23.3 Å². The average Bonchev–Trinajstić information content (AvgIpc) is 2.77. The van der Waals surface area contributed by atoms with Gasteiger partial charge in [-0.05, 0) is 11.1 Å². The quantitative estimate of drug-likeness (QED) is 0.648. The molecule has 2 unspecified atom stereocenters. The van der Waals surface area contributed by atoms with E-state index in [9.17, 15) is 10.0 Å². The molecule has 99 valence electrons. The normalized spacial score (nSPS) is 21.6. The molecule has 2 N–H and O–H groups in total. The molecule has 1 saturated heterocycles. The molecule has 1 fully saturated rings. The van der Waals surface area contributed by atoms with Crippen molar-refractivity contribution in [1.29, 1.82) is 0 Å². The molecule has 1 aliphatic heterocycles. The summed E-state index contributed by atoms with van der Waals surface area (Å²) in [7, 11) is 0. The van der Waals surface area contributed by atoms with Gasteiger partial charge in [0, 0.05) is 44.1 Å². The van der Waals surface area contributed by atoms with Crippen LogP contribution in [0.25, 0.3) is 0 Å². The zero-order valence-electron chi connectivity index (χ0n) is 10.8. The molecule has 1 amide bonds. The molecule has 4 nitrogen and oxygen atoms in total. The van der Waals surface area contributed by atoms with Crippen LogP contribution in [-0.4, -0.2) is 16.2 Å². The van der Waals surface area contributed by atoms with E-state index in [1.807, 2.05) is 60.7 Å². The van der Waals surface area contributed by atoms with Gasteiger partial charge >= 0.3 is 0 Å². The molecular weight excluding hydrogens is 467 g/mol. The van der Waals surface area contributed by atoms with Gasteiger partial charge < -0.3 is 0 Å². The largest absolute Gasteiger partial charge is 0.284 e. The van der Waals surface area contributed by atoms with Crippen LogP contribution in [0.4, 0.5) is 0 Å². The van der Waals surface area contributed by atoms with Crippen molar-refractivity contribution >= 4 is 5.91 Å². The van der Waals surface area contributed by atoms with E-state index in [0.29, 0.717) is 0 Å². The smallest absolute Gasteiger partial charge is 0.269 e. The summed E-state index contributed by atoms with van der Waals surface area (Å²) in [5.74, 6) is -0.333. The zero-order valence-corrected chi connectivity index (χ0v) is 15.6. The van der Waals surface area contributed by atoms with Gasteiger partial charge in [-0.2, -0.15) is 0 Å². The summed E-state index contributed by atoms with van der Waals surface area (Å²) < 4.78 is 0. The monoisotopic (exact) mass is 481 g/mol. The molecule has 5 heteroatoms. The van der Waals surface area contributed by atoms with Gasteiger partial charge in [-0.1, -0.05) is 60.7 Å². The van der Waals surface area contributed by atoms with Crippen LogP contribution >= 0.6 is 0 Å². The third-order valence-corrected chi connectivity index (χ3v) is 3.29. The van der Waals surface area contributed by atoms with Crippen LogP contribution in [0, 0.1) is 44.1 Å². The van der Waals surface area contributed by atoms with Crippen molar-refractivity contribution in [3.8, 4) is 0 Å². The van der Waals surface area contributed by atoms with E-state index in [0.717, 1.165) is 16.2 Å². The van der Waals surface area contributed by atoms with Crippen LogP contribution in [0.3, 0.4) is 0 Å². The van der Waals surface area contributed by atoms with E-state index in [4.69, 9.17) is 0 Å². The Labute approximate surface area is 153 Å². The summed E-state index contributed by atoms with van der Waals surface area (Å²) in [6.07, 6.45) is -0.501. The molecule has 1 heterocycles. The van der Waals surface area contributed by atoms with Crippen molar-refractivity contribution < 1.29 is 54.1 Å². The maximum Gasteiger partial charge on any atom is 0.269 e. The van der Waals surface area contributed by atoms with E-state index in [1.165, 1.54) is 0 Å². The number of nitrogens with zero attached hydrogens (tertiary/aromatic N) is 1. The first-order chi connectivity index (χ1) is 9.27. The molecular formula is C15H14AcN2O2. The van der Waals surface area contributed by atoms with Gasteiger partial charge in [0.25, 0.3) is 5.91 Å². The van der Waals surface area contributed by atoms with Crippen LogP contribution in [-0.2, 0) is 4.79 Å². The molecule has 0 spiro atoms. The summed E-state index contributed by atoms with van der Waals surface area (Å²) >= 11 is 0. The third-order valence-electron chi connectivity index (χ3n) is 3.29. The maximum atomic E-state index is 12.1. The fourth-order valence-corrected chi connectivity index (χ4v) is 2.32. The molecule has 3 rings (SSSR count). The Bertz CT molecular complexity index is 577. The van der Waals surface area contributed by atoms with E-state index in [-0.39, 0.29) is 50.0 Å². The molecule has 20 heavy (non-hydrogen) atoms. The Morgan fingerprint density at radius 3 is 1.95 bits per heavy atom. The Hall–Kier alpha value is -0.728. The molecule has 1 radical (unpaired) electrons. The van der Waals surface area contributed by atoms with Gasteiger partial charge in [0.15, 0.2) is 0 Å². The minimum atomic E-state index is -0.503. The first-order valence-corrected chi connectivity index (χ1v) is 6.15. The molecule has 0 aromatic heterocycles. The first-order valence-electron chi connectivity index (χ1n) is 6.15. The number of hydroxylamine groups is 2. The molecule has 2 aromatic carbocycles. The van der Waals surface area contributed by atoms with Crippen LogP contribution < -0.4 is 5.32 Å². The van der Waals surface area contributed by atoms with E-state index in [2.05, 4.69) is 5.32 Å². The molecule has 0 bridgehead atoms. The predicted molar refractivity (Wildman–Crippen MR) is 70.1 cm³/mol. The summed E-state index contributed by atoms with van der Waals surface area (Å²) in [6, 6.07) is 18.3. The number of benzene rings is 2. The average molecular weight is 481 g/mol. The Balaban J connectivity index is 0.00000147. The number of amides is 1. The number of hydrogen-bond acceptors (Lipinski definition) is 3. The minimum absolute atomic E-state index is 0. The number of carbonyl (C=O) groups is 1. The topological polar surface area (TPSA) is 52.6 Å². The Kier molecular flexibility index (Phi) is 5.34. The van der Waals surface area contributed by atoms with Crippen molar-refractivity contribution in [2.24, 2.45) is 0 Å². The van der Waals surface area contributed by atoms with Crippen molar-refractivity contribution in [3.05, 3.63) is 71.8 Å². The van der Waals surface area contributed by atoms with Crippen LogP contribution in [0.5, 0.6) is 0 Å². The first kappa shape index (κ1) is 15.7. The van der Waals surface area contributed by atoms with Gasteiger partial charge in [0.1, 0.15) is 12.2 Å². The van der Waals surface area contributed by atoms with Crippen LogP contribution in [0.15, 0.2) is 60.7 Å². The third kappa shape index (κ3) is 2.97. The molecule has 1 aliphatic rings. The van der Waals surface area contributed by atoms with Gasteiger partial charge in [0.2, 0.25) is 0 Å². The predicted octanol–water partition coefficient (Wildman–Crippen LogP) is 2.25. The zero-order chi connectivity index (χ0) is 13.2. The van der Waals surface area contributed by atoms with Gasteiger partial charge in [-0.3, -0.25) is 15.3 Å². The van der Waals surface area contributed by atoms with Crippen LogP contribution in [0.2, 0.25) is 0 Å². The SMILES string of the molecule is O=C1C(c2ccccc2)NC(c2ccccc2)N1O.[Ac]. The van der Waals surface area contributed by atoms with Crippen molar-refractivity contribution in [2.45, 2.75) is 12.2 Å². The summed E-state index contributed by atoms with van der Waals surface area (Å²) in [5.41, 5.74) is 1.71. The fraction of sp³-hybridized carbons (Fsp3) is 0.133. The second-order valence-corrected chi connectivity index (χ2v) is 4.51. The summed E-state index contributed by atoms with van der Waals surface area (Å²) in [6.45, 7) is 0. The van der Waals surface area contributed by atoms with Crippen molar-refractivity contribution in [2.75, 3.05) is 0 Å². The van der Waals surface area contributed by atoms with E-state index >= 15 is 0 Å². The molecule has 2 aromatic rings. The second kappa shape index (κ2) is 6.82. The van der Waals surface area contributed by atoms with Gasteiger partial charge in [-0.25, -0.2) is 5.06 Å².